The Kier molecular flexibility index (Phi) is 2.65. The number of aromatic nitrogens is 2. The zero-order valence-electron chi connectivity index (χ0n) is 10.5. The molecule has 1 aromatic heterocycles. The lowest BCUT2D eigenvalue weighted by atomic mass is 9.96. The molecule has 0 saturated carbocycles. The highest BCUT2D eigenvalue weighted by Gasteiger charge is 2.18. The van der Waals surface area contributed by atoms with E-state index in [-0.39, 0.29) is 11.4 Å². The van der Waals surface area contributed by atoms with Crippen LogP contribution in [0.25, 0.3) is 11.0 Å². The van der Waals surface area contributed by atoms with E-state index in [0.717, 1.165) is 16.9 Å². The molecule has 0 atom stereocenters. The molecule has 17 heavy (non-hydrogen) atoms. The second-order valence-electron chi connectivity index (χ2n) is 5.06. The van der Waals surface area contributed by atoms with Gasteiger partial charge in [-0.25, -0.2) is 9.78 Å². The van der Waals surface area contributed by atoms with Crippen molar-refractivity contribution in [2.75, 3.05) is 7.11 Å². The largest absolute Gasteiger partial charge is 0.465 e. The summed E-state index contributed by atoms with van der Waals surface area (Å²) in [5.41, 5.74) is 2.21. The average Bonchev–Trinajstić information content (AvgIpc) is 2.70. The van der Waals surface area contributed by atoms with Crippen molar-refractivity contribution < 1.29 is 9.53 Å². The Morgan fingerprint density at radius 1 is 1.35 bits per heavy atom. The molecule has 2 rings (SSSR count). The van der Waals surface area contributed by atoms with Crippen LogP contribution in [0, 0.1) is 0 Å². The number of H-pyrrole nitrogens is 1. The first-order valence-corrected chi connectivity index (χ1v) is 5.50. The lowest BCUT2D eigenvalue weighted by Crippen LogP contribution is -2.12. The Hall–Kier alpha value is -1.84. The van der Waals surface area contributed by atoms with Crippen molar-refractivity contribution in [3.05, 3.63) is 29.6 Å². The van der Waals surface area contributed by atoms with E-state index in [1.54, 1.807) is 12.1 Å². The summed E-state index contributed by atoms with van der Waals surface area (Å²) in [7, 11) is 1.37. The third-order valence-electron chi connectivity index (χ3n) is 2.61. The van der Waals surface area contributed by atoms with Gasteiger partial charge in [0.25, 0.3) is 0 Å². The molecule has 1 aromatic carbocycles. The maximum absolute atomic E-state index is 11.4. The Labute approximate surface area is 100 Å². The van der Waals surface area contributed by atoms with Gasteiger partial charge in [-0.1, -0.05) is 20.8 Å². The lowest BCUT2D eigenvalue weighted by molar-refractivity contribution is 0.0601. The number of esters is 1. The number of rotatable bonds is 1. The number of fused-ring (bicyclic) bond motifs is 1. The molecule has 0 bridgehead atoms. The minimum atomic E-state index is -0.341. The van der Waals surface area contributed by atoms with Crippen LogP contribution in [0.15, 0.2) is 18.2 Å². The fraction of sp³-hybridized carbons (Fsp3) is 0.385. The molecular weight excluding hydrogens is 216 g/mol. The summed E-state index contributed by atoms with van der Waals surface area (Å²) in [4.78, 5) is 19.2. The van der Waals surface area contributed by atoms with Crippen LogP contribution >= 0.6 is 0 Å². The van der Waals surface area contributed by atoms with Crippen molar-refractivity contribution in [2.24, 2.45) is 0 Å². The van der Waals surface area contributed by atoms with Crippen molar-refractivity contribution in [1.29, 1.82) is 0 Å². The molecule has 0 fully saturated rings. The number of carbonyl (C=O) groups is 1. The van der Waals surface area contributed by atoms with Crippen LogP contribution in [0.5, 0.6) is 0 Å². The van der Waals surface area contributed by atoms with E-state index in [1.807, 2.05) is 6.07 Å². The number of aromatic amines is 1. The van der Waals surface area contributed by atoms with Gasteiger partial charge in [0.1, 0.15) is 5.82 Å². The van der Waals surface area contributed by atoms with Crippen molar-refractivity contribution in [3.63, 3.8) is 0 Å². The summed E-state index contributed by atoms with van der Waals surface area (Å²) in [6, 6.07) is 5.33. The van der Waals surface area contributed by atoms with Crippen molar-refractivity contribution in [3.8, 4) is 0 Å². The van der Waals surface area contributed by atoms with E-state index >= 15 is 0 Å². The molecule has 0 aliphatic carbocycles. The van der Waals surface area contributed by atoms with Gasteiger partial charge in [-0.3, -0.25) is 0 Å². The molecule has 2 aromatic rings. The molecule has 0 unspecified atom stereocenters. The number of hydrogen-bond donors (Lipinski definition) is 1. The Morgan fingerprint density at radius 2 is 2.06 bits per heavy atom. The van der Waals surface area contributed by atoms with Gasteiger partial charge in [-0.2, -0.15) is 0 Å². The van der Waals surface area contributed by atoms with E-state index < -0.39 is 0 Å². The predicted molar refractivity (Wildman–Crippen MR) is 66.1 cm³/mol. The molecule has 4 heteroatoms. The minimum absolute atomic E-state index is 0.0373. The summed E-state index contributed by atoms with van der Waals surface area (Å²) in [5, 5.41) is 0. The molecule has 0 aliphatic heterocycles. The number of imidazole rings is 1. The van der Waals surface area contributed by atoms with E-state index in [2.05, 4.69) is 35.5 Å². The summed E-state index contributed by atoms with van der Waals surface area (Å²) in [6.07, 6.45) is 0. The predicted octanol–water partition coefficient (Wildman–Crippen LogP) is 2.65. The van der Waals surface area contributed by atoms with E-state index in [0.29, 0.717) is 5.56 Å². The molecule has 1 N–H and O–H groups in total. The highest BCUT2D eigenvalue weighted by molar-refractivity contribution is 5.93. The van der Waals surface area contributed by atoms with Crippen LogP contribution in [0.2, 0.25) is 0 Å². The maximum atomic E-state index is 11.4. The summed E-state index contributed by atoms with van der Waals surface area (Å²) in [6.45, 7) is 6.27. The second kappa shape index (κ2) is 3.87. The number of hydrogen-bond acceptors (Lipinski definition) is 3. The Bertz CT molecular complexity index is 564. The first kappa shape index (κ1) is 11.6. The molecule has 0 amide bonds. The van der Waals surface area contributed by atoms with Gasteiger partial charge in [0.15, 0.2) is 0 Å². The monoisotopic (exact) mass is 232 g/mol. The number of nitrogens with one attached hydrogen (secondary N) is 1. The van der Waals surface area contributed by atoms with Gasteiger partial charge in [-0.05, 0) is 18.2 Å². The van der Waals surface area contributed by atoms with E-state index in [4.69, 9.17) is 0 Å². The van der Waals surface area contributed by atoms with E-state index in [1.165, 1.54) is 7.11 Å². The molecule has 0 aliphatic rings. The van der Waals surface area contributed by atoms with E-state index in [9.17, 15) is 4.79 Å². The standard InChI is InChI=1S/C13H16N2O2/c1-13(2,3)12-14-9-6-5-8(11(16)17-4)7-10(9)15-12/h5-7H,1-4H3,(H,14,15). The van der Waals surface area contributed by atoms with Gasteiger partial charge >= 0.3 is 5.97 Å². The zero-order chi connectivity index (χ0) is 12.6. The summed E-state index contributed by atoms with van der Waals surface area (Å²) >= 11 is 0. The summed E-state index contributed by atoms with van der Waals surface area (Å²) in [5.74, 6) is 0.571. The van der Waals surface area contributed by atoms with Crippen LogP contribution in [-0.4, -0.2) is 23.0 Å². The molecule has 0 saturated heterocycles. The fourth-order valence-electron chi connectivity index (χ4n) is 1.61. The zero-order valence-corrected chi connectivity index (χ0v) is 10.5. The van der Waals surface area contributed by atoms with Crippen LogP contribution in [-0.2, 0) is 10.2 Å². The third kappa shape index (κ3) is 2.16. The number of methoxy groups -OCH3 is 1. The van der Waals surface area contributed by atoms with Gasteiger partial charge < -0.3 is 9.72 Å². The van der Waals surface area contributed by atoms with Crippen molar-refractivity contribution in [1.82, 2.24) is 9.97 Å². The molecule has 4 nitrogen and oxygen atoms in total. The Balaban J connectivity index is 2.52. The van der Waals surface area contributed by atoms with Crippen molar-refractivity contribution >= 4 is 17.0 Å². The van der Waals surface area contributed by atoms with Crippen LogP contribution in [0.4, 0.5) is 0 Å². The van der Waals surface area contributed by atoms with Crippen LogP contribution in [0.3, 0.4) is 0 Å². The van der Waals surface area contributed by atoms with Gasteiger partial charge in [0.2, 0.25) is 0 Å². The highest BCUT2D eigenvalue weighted by Crippen LogP contribution is 2.23. The first-order chi connectivity index (χ1) is 7.91. The van der Waals surface area contributed by atoms with Crippen molar-refractivity contribution in [2.45, 2.75) is 26.2 Å². The number of carbonyl (C=O) groups excluding carboxylic acids is 1. The van der Waals surface area contributed by atoms with Crippen LogP contribution < -0.4 is 0 Å². The number of ether oxygens (including phenoxy) is 1. The number of benzene rings is 1. The number of nitrogens with zero attached hydrogens (tertiary/aromatic N) is 1. The Morgan fingerprint density at radius 3 is 2.65 bits per heavy atom. The van der Waals surface area contributed by atoms with Gasteiger partial charge in [-0.15, -0.1) is 0 Å². The highest BCUT2D eigenvalue weighted by atomic mass is 16.5. The second-order valence-corrected chi connectivity index (χ2v) is 5.06. The topological polar surface area (TPSA) is 55.0 Å². The quantitative estimate of drug-likeness (QED) is 0.769. The van der Waals surface area contributed by atoms with Gasteiger partial charge in [0, 0.05) is 5.41 Å². The molecular formula is C13H16N2O2. The van der Waals surface area contributed by atoms with Gasteiger partial charge in [0.05, 0.1) is 23.7 Å². The SMILES string of the molecule is COC(=O)c1ccc2[nH]c(C(C)(C)C)nc2c1. The summed E-state index contributed by atoms with van der Waals surface area (Å²) < 4.78 is 4.68. The minimum Gasteiger partial charge on any atom is -0.465 e. The fourth-order valence-corrected chi connectivity index (χ4v) is 1.61. The molecule has 0 spiro atoms. The molecule has 0 radical (unpaired) electrons. The molecule has 90 valence electrons. The normalized spacial score (nSPS) is 11.8. The molecule has 1 heterocycles. The lowest BCUT2D eigenvalue weighted by Gasteiger charge is -2.13. The van der Waals surface area contributed by atoms with Crippen LogP contribution in [0.1, 0.15) is 37.0 Å². The third-order valence-corrected chi connectivity index (χ3v) is 2.61. The first-order valence-electron chi connectivity index (χ1n) is 5.50. The average molecular weight is 232 g/mol. The maximum Gasteiger partial charge on any atom is 0.337 e. The smallest absolute Gasteiger partial charge is 0.337 e.